The quantitative estimate of drug-likeness (QED) is 0.162. The average Bonchev–Trinajstić information content (AvgIpc) is 3.69. The SMILES string of the molecule is c1ccc(-c2ccccc2N(c2cccc(-c3ccc4oc5ccccc5c4c3)c2)c2cc3ccc4cccc5c6cccc7ccc8cccc(c(c2)c3c45)c8c76)cc1. The molecule has 2 nitrogen and oxygen atoms in total. The molecule has 0 saturated carbocycles. The third kappa shape index (κ3) is 4.88. The number of nitrogens with zero attached hydrogens (tertiary/aromatic N) is 1. The fourth-order valence-electron chi connectivity index (χ4n) is 10.1. The molecule has 0 N–H and O–H groups in total. The van der Waals surface area contributed by atoms with E-state index in [2.05, 4.69) is 205 Å². The van der Waals surface area contributed by atoms with E-state index < -0.39 is 0 Å². The van der Waals surface area contributed by atoms with Crippen LogP contribution in [0.5, 0.6) is 0 Å². The lowest BCUT2D eigenvalue weighted by Crippen LogP contribution is -2.11. The van der Waals surface area contributed by atoms with Gasteiger partial charge in [-0.15, -0.1) is 0 Å². The monoisotopic (exact) mass is 761 g/mol. The molecule has 60 heavy (non-hydrogen) atoms. The summed E-state index contributed by atoms with van der Waals surface area (Å²) in [5.41, 5.74) is 9.72. The molecule has 0 aliphatic heterocycles. The smallest absolute Gasteiger partial charge is 0.135 e. The summed E-state index contributed by atoms with van der Waals surface area (Å²) in [6.45, 7) is 0. The van der Waals surface area contributed by atoms with Gasteiger partial charge in [0.25, 0.3) is 0 Å². The van der Waals surface area contributed by atoms with Gasteiger partial charge in [-0.05, 0) is 130 Å². The van der Waals surface area contributed by atoms with Crippen molar-refractivity contribution in [3.05, 3.63) is 212 Å². The summed E-state index contributed by atoms with van der Waals surface area (Å²) in [6.07, 6.45) is 0. The van der Waals surface area contributed by atoms with E-state index >= 15 is 0 Å². The van der Waals surface area contributed by atoms with Gasteiger partial charge in [-0.25, -0.2) is 0 Å². The van der Waals surface area contributed by atoms with Crippen LogP contribution in [-0.4, -0.2) is 0 Å². The highest BCUT2D eigenvalue weighted by Gasteiger charge is 2.22. The van der Waals surface area contributed by atoms with E-state index in [1.807, 2.05) is 12.1 Å². The second kappa shape index (κ2) is 12.8. The summed E-state index contributed by atoms with van der Waals surface area (Å²) >= 11 is 0. The van der Waals surface area contributed by atoms with Crippen molar-refractivity contribution in [1.29, 1.82) is 0 Å². The van der Waals surface area contributed by atoms with Crippen LogP contribution in [0, 0.1) is 0 Å². The van der Waals surface area contributed by atoms with Crippen LogP contribution >= 0.6 is 0 Å². The Morgan fingerprint density at radius 2 is 0.833 bits per heavy atom. The molecule has 13 rings (SSSR count). The van der Waals surface area contributed by atoms with E-state index in [1.54, 1.807) is 0 Å². The molecule has 0 bridgehead atoms. The largest absolute Gasteiger partial charge is 0.456 e. The van der Waals surface area contributed by atoms with Crippen molar-refractivity contribution in [2.24, 2.45) is 0 Å². The summed E-state index contributed by atoms with van der Waals surface area (Å²) in [5.74, 6) is 0. The van der Waals surface area contributed by atoms with E-state index in [1.165, 1.54) is 75.8 Å². The molecule has 12 aromatic carbocycles. The van der Waals surface area contributed by atoms with Gasteiger partial charge in [-0.2, -0.15) is 0 Å². The van der Waals surface area contributed by atoms with Crippen LogP contribution in [0.4, 0.5) is 17.1 Å². The van der Waals surface area contributed by atoms with E-state index in [-0.39, 0.29) is 0 Å². The first-order valence-electron chi connectivity index (χ1n) is 20.7. The molecule has 1 aromatic heterocycles. The van der Waals surface area contributed by atoms with Crippen LogP contribution in [0.25, 0.3) is 109 Å². The van der Waals surface area contributed by atoms with Crippen molar-refractivity contribution in [2.75, 3.05) is 4.90 Å². The highest BCUT2D eigenvalue weighted by Crippen LogP contribution is 2.48. The van der Waals surface area contributed by atoms with E-state index in [0.717, 1.165) is 50.1 Å². The van der Waals surface area contributed by atoms with Gasteiger partial charge in [0.15, 0.2) is 0 Å². The summed E-state index contributed by atoms with van der Waals surface area (Å²) in [7, 11) is 0. The van der Waals surface area contributed by atoms with Crippen LogP contribution < -0.4 is 4.90 Å². The molecule has 0 aliphatic rings. The fourth-order valence-corrected chi connectivity index (χ4v) is 10.1. The van der Waals surface area contributed by atoms with Crippen molar-refractivity contribution < 1.29 is 4.42 Å². The normalized spacial score (nSPS) is 12.0. The molecule has 0 unspecified atom stereocenters. The predicted molar refractivity (Wildman–Crippen MR) is 255 cm³/mol. The molecule has 13 aromatic rings. The Morgan fingerprint density at radius 1 is 0.283 bits per heavy atom. The summed E-state index contributed by atoms with van der Waals surface area (Å²) in [4.78, 5) is 2.47. The molecule has 0 aliphatic carbocycles. The van der Waals surface area contributed by atoms with Gasteiger partial charge in [0.1, 0.15) is 11.2 Å². The Bertz CT molecular complexity index is 3830. The Kier molecular flexibility index (Phi) is 7.05. The zero-order valence-electron chi connectivity index (χ0n) is 32.6. The minimum Gasteiger partial charge on any atom is -0.456 e. The highest BCUT2D eigenvalue weighted by molar-refractivity contribution is 6.37. The lowest BCUT2D eigenvalue weighted by Gasteiger charge is -2.29. The van der Waals surface area contributed by atoms with Crippen LogP contribution in [0.15, 0.2) is 217 Å². The summed E-state index contributed by atoms with van der Waals surface area (Å²) < 4.78 is 6.23. The number of anilines is 3. The third-order valence-corrected chi connectivity index (χ3v) is 12.7. The van der Waals surface area contributed by atoms with Crippen molar-refractivity contribution in [3.63, 3.8) is 0 Å². The number of hydrogen-bond donors (Lipinski definition) is 0. The number of rotatable bonds is 5. The van der Waals surface area contributed by atoms with E-state index in [4.69, 9.17) is 4.42 Å². The van der Waals surface area contributed by atoms with Crippen molar-refractivity contribution >= 4 is 104 Å². The number of fused-ring (bicyclic) bond motifs is 5. The van der Waals surface area contributed by atoms with Gasteiger partial charge < -0.3 is 9.32 Å². The first-order valence-corrected chi connectivity index (χ1v) is 20.7. The number of furan rings is 1. The van der Waals surface area contributed by atoms with Gasteiger partial charge >= 0.3 is 0 Å². The number of hydrogen-bond acceptors (Lipinski definition) is 2. The number of para-hydroxylation sites is 2. The zero-order valence-corrected chi connectivity index (χ0v) is 32.6. The van der Waals surface area contributed by atoms with Crippen molar-refractivity contribution in [2.45, 2.75) is 0 Å². The third-order valence-electron chi connectivity index (χ3n) is 12.7. The first-order chi connectivity index (χ1) is 29.7. The van der Waals surface area contributed by atoms with Gasteiger partial charge in [0.2, 0.25) is 0 Å². The summed E-state index contributed by atoms with van der Waals surface area (Å²) in [6, 6.07) is 77.9. The molecule has 0 radical (unpaired) electrons. The molecule has 0 atom stereocenters. The van der Waals surface area contributed by atoms with E-state index in [9.17, 15) is 0 Å². The molecule has 2 heteroatoms. The second-order valence-electron chi connectivity index (χ2n) is 16.0. The second-order valence-corrected chi connectivity index (χ2v) is 16.0. The first kappa shape index (κ1) is 33.1. The molecule has 278 valence electrons. The maximum absolute atomic E-state index is 6.23. The predicted octanol–water partition coefficient (Wildman–Crippen LogP) is 16.7. The lowest BCUT2D eigenvalue weighted by atomic mass is 9.87. The fraction of sp³-hybridized carbons (Fsp3) is 0. The number of benzene rings is 11. The summed E-state index contributed by atoms with van der Waals surface area (Å²) in [5, 5.41) is 17.5. The average molecular weight is 762 g/mol. The highest BCUT2D eigenvalue weighted by atomic mass is 16.3. The lowest BCUT2D eigenvalue weighted by molar-refractivity contribution is 0.669. The minimum absolute atomic E-state index is 0.899. The maximum Gasteiger partial charge on any atom is 0.135 e. The molecule has 0 amide bonds. The maximum atomic E-state index is 6.23. The van der Waals surface area contributed by atoms with Crippen molar-refractivity contribution in [3.8, 4) is 22.3 Å². The van der Waals surface area contributed by atoms with Crippen LogP contribution in [0.2, 0.25) is 0 Å². The minimum atomic E-state index is 0.899. The Labute approximate surface area is 346 Å². The van der Waals surface area contributed by atoms with Crippen LogP contribution in [-0.2, 0) is 0 Å². The zero-order chi connectivity index (χ0) is 39.3. The topological polar surface area (TPSA) is 16.4 Å². The Morgan fingerprint density at radius 3 is 1.58 bits per heavy atom. The van der Waals surface area contributed by atoms with Gasteiger partial charge in [0, 0.05) is 27.7 Å². The standard InChI is InChI=1S/C58H35NO/c1-2-12-36(13-3-1)45-19-4-6-24-52(45)59(43-18-8-17-40(32-43)41-30-31-54-50(34-41)46-20-5-7-25-53(46)60-54)44-33-42-29-28-39-15-10-22-48-47-21-9-14-37-26-27-38-16-11-23-49(57(38)55(37)47)51(35-44)58(42)56(39)48/h1-35H. The Hall–Kier alpha value is -7.94. The molecule has 0 spiro atoms. The molecule has 0 fully saturated rings. The molecular formula is C58H35NO. The molecule has 0 saturated heterocycles. The van der Waals surface area contributed by atoms with Crippen LogP contribution in [0.1, 0.15) is 0 Å². The van der Waals surface area contributed by atoms with Gasteiger partial charge in [0.05, 0.1) is 5.69 Å². The van der Waals surface area contributed by atoms with Crippen LogP contribution in [0.3, 0.4) is 0 Å². The van der Waals surface area contributed by atoms with Crippen molar-refractivity contribution in [1.82, 2.24) is 0 Å². The van der Waals surface area contributed by atoms with Gasteiger partial charge in [-0.1, -0.05) is 164 Å². The van der Waals surface area contributed by atoms with Gasteiger partial charge in [-0.3, -0.25) is 0 Å². The molecule has 1 heterocycles. The molecular weight excluding hydrogens is 727 g/mol. The van der Waals surface area contributed by atoms with E-state index in [0.29, 0.717) is 0 Å². The Balaban J connectivity index is 1.14.